The maximum absolute atomic E-state index is 12.6. The van der Waals surface area contributed by atoms with Gasteiger partial charge in [0.15, 0.2) is 0 Å². The predicted octanol–water partition coefficient (Wildman–Crippen LogP) is 2.76. The van der Waals surface area contributed by atoms with Crippen LogP contribution < -0.4 is 0 Å². The molecule has 1 heterocycles. The van der Waals surface area contributed by atoms with Crippen molar-refractivity contribution >= 4 is 5.97 Å². The van der Waals surface area contributed by atoms with Crippen LogP contribution in [0.4, 0.5) is 13.2 Å². The number of hydrogen-bond donors (Lipinski definition) is 1. The maximum atomic E-state index is 12.6. The van der Waals surface area contributed by atoms with Crippen LogP contribution in [0.2, 0.25) is 0 Å². The second-order valence-corrected chi connectivity index (χ2v) is 4.51. The van der Waals surface area contributed by atoms with Crippen LogP contribution in [0.5, 0.6) is 0 Å². The molecule has 0 amide bonds. The third-order valence-corrected chi connectivity index (χ3v) is 3.27. The van der Waals surface area contributed by atoms with Gasteiger partial charge in [-0.15, -0.1) is 0 Å². The minimum absolute atomic E-state index is 0.0171. The molecule has 3 nitrogen and oxygen atoms in total. The van der Waals surface area contributed by atoms with E-state index in [2.05, 4.69) is 4.98 Å². The van der Waals surface area contributed by atoms with Crippen molar-refractivity contribution in [2.75, 3.05) is 0 Å². The molecule has 0 fully saturated rings. The van der Waals surface area contributed by atoms with E-state index in [-0.39, 0.29) is 24.8 Å². The first-order chi connectivity index (χ1) is 8.29. The van der Waals surface area contributed by atoms with Crippen molar-refractivity contribution < 1.29 is 23.1 Å². The Hall–Kier alpha value is -1.59. The Morgan fingerprint density at radius 3 is 2.72 bits per heavy atom. The highest BCUT2D eigenvalue weighted by Gasteiger charge is 2.41. The molecule has 0 aromatic carbocycles. The van der Waals surface area contributed by atoms with Crippen molar-refractivity contribution in [2.24, 2.45) is 5.92 Å². The summed E-state index contributed by atoms with van der Waals surface area (Å²) in [7, 11) is 0. The van der Waals surface area contributed by atoms with E-state index in [9.17, 15) is 18.0 Å². The van der Waals surface area contributed by atoms with Crippen LogP contribution in [-0.4, -0.2) is 22.2 Å². The second kappa shape index (κ2) is 4.26. The summed E-state index contributed by atoms with van der Waals surface area (Å²) in [5, 5.41) is 8.93. The standard InChI is InChI=1S/C12H12F3NO2/c1-6-9(11(17)18)5-7-4-8(12(13,14)15)2-3-10(7)16-6/h5,8H,2-4H2,1H3,(H,17,18). The molecule has 1 aromatic rings. The van der Waals surface area contributed by atoms with Crippen LogP contribution >= 0.6 is 0 Å². The lowest BCUT2D eigenvalue weighted by atomic mass is 9.85. The average molecular weight is 259 g/mol. The monoisotopic (exact) mass is 259 g/mol. The summed E-state index contributed by atoms with van der Waals surface area (Å²) in [6, 6.07) is 1.33. The summed E-state index contributed by atoms with van der Waals surface area (Å²) in [4.78, 5) is 15.0. The summed E-state index contributed by atoms with van der Waals surface area (Å²) in [6.45, 7) is 1.56. The summed E-state index contributed by atoms with van der Waals surface area (Å²) < 4.78 is 37.9. The highest BCUT2D eigenvalue weighted by molar-refractivity contribution is 5.89. The molecular weight excluding hydrogens is 247 g/mol. The minimum atomic E-state index is -4.23. The molecule has 0 saturated heterocycles. The number of hydrogen-bond acceptors (Lipinski definition) is 2. The van der Waals surface area contributed by atoms with Crippen LogP contribution in [0.3, 0.4) is 0 Å². The molecule has 1 unspecified atom stereocenters. The first kappa shape index (κ1) is 12.9. The highest BCUT2D eigenvalue weighted by Crippen LogP contribution is 2.36. The Bertz CT molecular complexity index is 497. The topological polar surface area (TPSA) is 50.2 Å². The zero-order valence-corrected chi connectivity index (χ0v) is 9.71. The number of aromatic nitrogens is 1. The number of carbonyl (C=O) groups is 1. The van der Waals surface area contributed by atoms with Crippen molar-refractivity contribution in [3.8, 4) is 0 Å². The normalized spacial score (nSPS) is 19.4. The van der Waals surface area contributed by atoms with Crippen molar-refractivity contribution in [3.05, 3.63) is 28.6 Å². The smallest absolute Gasteiger partial charge is 0.392 e. The van der Waals surface area contributed by atoms with E-state index >= 15 is 0 Å². The molecule has 0 bridgehead atoms. The summed E-state index contributed by atoms with van der Waals surface area (Å²) in [5.74, 6) is -2.55. The zero-order valence-electron chi connectivity index (χ0n) is 9.71. The molecular formula is C12H12F3NO2. The Labute approximate surface area is 102 Å². The summed E-state index contributed by atoms with van der Waals surface area (Å²) >= 11 is 0. The van der Waals surface area contributed by atoms with Crippen LogP contribution in [0, 0.1) is 12.8 Å². The minimum Gasteiger partial charge on any atom is -0.478 e. The maximum Gasteiger partial charge on any atom is 0.392 e. The number of pyridine rings is 1. The number of alkyl halides is 3. The quantitative estimate of drug-likeness (QED) is 0.843. The first-order valence-corrected chi connectivity index (χ1v) is 5.58. The molecule has 98 valence electrons. The third kappa shape index (κ3) is 2.32. The van der Waals surface area contributed by atoms with Crippen LogP contribution in [0.15, 0.2) is 6.07 Å². The fourth-order valence-corrected chi connectivity index (χ4v) is 2.26. The van der Waals surface area contributed by atoms with Crippen molar-refractivity contribution in [1.29, 1.82) is 0 Å². The van der Waals surface area contributed by atoms with Crippen molar-refractivity contribution in [2.45, 2.75) is 32.4 Å². The van der Waals surface area contributed by atoms with E-state index in [4.69, 9.17) is 5.11 Å². The Morgan fingerprint density at radius 2 is 2.17 bits per heavy atom. The van der Waals surface area contributed by atoms with Crippen LogP contribution in [-0.2, 0) is 12.8 Å². The van der Waals surface area contributed by atoms with Gasteiger partial charge >= 0.3 is 12.1 Å². The molecule has 0 radical (unpaired) electrons. The second-order valence-electron chi connectivity index (χ2n) is 4.51. The molecule has 18 heavy (non-hydrogen) atoms. The van der Waals surface area contributed by atoms with Gasteiger partial charge in [-0.1, -0.05) is 0 Å². The molecule has 1 aliphatic carbocycles. The van der Waals surface area contributed by atoms with Gasteiger partial charge in [-0.25, -0.2) is 4.79 Å². The van der Waals surface area contributed by atoms with E-state index in [1.807, 2.05) is 0 Å². The molecule has 0 spiro atoms. The molecule has 1 atom stereocenters. The van der Waals surface area contributed by atoms with E-state index in [0.717, 1.165) is 0 Å². The number of carboxylic acid groups (broad SMARTS) is 1. The van der Waals surface area contributed by atoms with Crippen LogP contribution in [0.25, 0.3) is 0 Å². The van der Waals surface area contributed by atoms with E-state index in [0.29, 0.717) is 17.0 Å². The van der Waals surface area contributed by atoms with E-state index < -0.39 is 18.1 Å². The van der Waals surface area contributed by atoms with Crippen LogP contribution in [0.1, 0.15) is 33.7 Å². The van der Waals surface area contributed by atoms with Gasteiger partial charge in [-0.3, -0.25) is 4.98 Å². The number of nitrogens with zero attached hydrogens (tertiary/aromatic N) is 1. The van der Waals surface area contributed by atoms with Gasteiger partial charge in [0.05, 0.1) is 17.2 Å². The molecule has 0 saturated carbocycles. The summed E-state index contributed by atoms with van der Waals surface area (Å²) in [5.41, 5.74) is 1.34. The lowest BCUT2D eigenvalue weighted by molar-refractivity contribution is -0.177. The largest absolute Gasteiger partial charge is 0.478 e. The number of aryl methyl sites for hydroxylation is 2. The number of carboxylic acids is 1. The van der Waals surface area contributed by atoms with Gasteiger partial charge in [-0.2, -0.15) is 13.2 Å². The van der Waals surface area contributed by atoms with Gasteiger partial charge < -0.3 is 5.11 Å². The molecule has 6 heteroatoms. The summed E-state index contributed by atoms with van der Waals surface area (Å²) in [6.07, 6.45) is -4.13. The fraction of sp³-hybridized carbons (Fsp3) is 0.500. The van der Waals surface area contributed by atoms with E-state index in [1.165, 1.54) is 6.07 Å². The molecule has 0 aliphatic heterocycles. The Morgan fingerprint density at radius 1 is 1.50 bits per heavy atom. The van der Waals surface area contributed by atoms with Crippen molar-refractivity contribution in [1.82, 2.24) is 4.98 Å². The molecule has 1 N–H and O–H groups in total. The first-order valence-electron chi connectivity index (χ1n) is 5.58. The predicted molar refractivity (Wildman–Crippen MR) is 57.5 cm³/mol. The molecule has 1 aromatic heterocycles. The van der Waals surface area contributed by atoms with E-state index in [1.54, 1.807) is 6.92 Å². The SMILES string of the molecule is Cc1nc2c(cc1C(=O)O)CC(C(F)(F)F)CC2. The fourth-order valence-electron chi connectivity index (χ4n) is 2.26. The number of aromatic carboxylic acids is 1. The van der Waals surface area contributed by atoms with Gasteiger partial charge in [0.1, 0.15) is 0 Å². The Balaban J connectivity index is 2.37. The lowest BCUT2D eigenvalue weighted by Crippen LogP contribution is -2.29. The number of rotatable bonds is 1. The Kier molecular flexibility index (Phi) is 3.04. The molecule has 2 rings (SSSR count). The average Bonchev–Trinajstić information content (AvgIpc) is 2.25. The van der Waals surface area contributed by atoms with Gasteiger partial charge in [-0.05, 0) is 37.8 Å². The zero-order chi connectivity index (χ0) is 13.5. The third-order valence-electron chi connectivity index (χ3n) is 3.27. The van der Waals surface area contributed by atoms with Crippen molar-refractivity contribution in [3.63, 3.8) is 0 Å². The lowest BCUT2D eigenvalue weighted by Gasteiger charge is -2.26. The molecule has 1 aliphatic rings. The van der Waals surface area contributed by atoms with Gasteiger partial charge in [0, 0.05) is 5.69 Å². The number of fused-ring (bicyclic) bond motifs is 1. The van der Waals surface area contributed by atoms with Gasteiger partial charge in [0.25, 0.3) is 0 Å². The number of halogens is 3. The van der Waals surface area contributed by atoms with Gasteiger partial charge in [0.2, 0.25) is 0 Å². The highest BCUT2D eigenvalue weighted by atomic mass is 19.4.